The maximum Gasteiger partial charge on any atom is 0.422 e. The molecule has 0 radical (unpaired) electrons. The van der Waals surface area contributed by atoms with Gasteiger partial charge in [-0.25, -0.2) is 4.98 Å². The molecule has 1 fully saturated rings. The maximum atomic E-state index is 13.0. The molecule has 1 saturated carbocycles. The highest BCUT2D eigenvalue weighted by Gasteiger charge is 2.46. The van der Waals surface area contributed by atoms with E-state index < -0.39 is 24.2 Å². The first-order valence-corrected chi connectivity index (χ1v) is 11.3. The van der Waals surface area contributed by atoms with Crippen molar-refractivity contribution < 1.29 is 27.5 Å². The van der Waals surface area contributed by atoms with E-state index in [0.717, 1.165) is 24.5 Å². The first-order chi connectivity index (χ1) is 14.9. The van der Waals surface area contributed by atoms with Gasteiger partial charge >= 0.3 is 6.18 Å². The quantitative estimate of drug-likeness (QED) is 0.471. The van der Waals surface area contributed by atoms with Crippen molar-refractivity contribution in [3.8, 4) is 5.75 Å². The van der Waals surface area contributed by atoms with Crippen LogP contribution in [0, 0.1) is 5.92 Å². The zero-order valence-electron chi connectivity index (χ0n) is 19.2. The van der Waals surface area contributed by atoms with Crippen LogP contribution in [0.2, 0.25) is 0 Å². The fourth-order valence-corrected chi connectivity index (χ4v) is 3.51. The molecule has 0 spiro atoms. The third-order valence-corrected chi connectivity index (χ3v) is 5.58. The van der Waals surface area contributed by atoms with Crippen LogP contribution in [0.4, 0.5) is 13.2 Å². The molecule has 1 heterocycles. The molecule has 1 aromatic heterocycles. The molecule has 32 heavy (non-hydrogen) atoms. The summed E-state index contributed by atoms with van der Waals surface area (Å²) in [6.07, 6.45) is -0.850. The number of alkyl halides is 3. The van der Waals surface area contributed by atoms with Crippen LogP contribution in [0.5, 0.6) is 5.75 Å². The molecule has 0 aliphatic heterocycles. The van der Waals surface area contributed by atoms with Gasteiger partial charge in [-0.1, -0.05) is 26.3 Å². The number of amides is 2. The Kier molecular flexibility index (Phi) is 10.2. The van der Waals surface area contributed by atoms with Crippen molar-refractivity contribution in [3.63, 3.8) is 0 Å². The van der Waals surface area contributed by atoms with Gasteiger partial charge in [0.15, 0.2) is 6.61 Å². The summed E-state index contributed by atoms with van der Waals surface area (Å²) >= 11 is 3.08. The van der Waals surface area contributed by atoms with Crippen molar-refractivity contribution in [1.82, 2.24) is 15.6 Å². The summed E-state index contributed by atoms with van der Waals surface area (Å²) in [4.78, 5) is 28.7. The molecule has 1 aliphatic rings. The molecular weight excluding hydrogens is 491 g/mol. The first-order valence-electron chi connectivity index (χ1n) is 10.5. The van der Waals surface area contributed by atoms with E-state index in [-0.39, 0.29) is 27.7 Å². The third-order valence-electron chi connectivity index (χ3n) is 4.99. The zero-order valence-corrected chi connectivity index (χ0v) is 20.8. The molecule has 1 atom stereocenters. The van der Waals surface area contributed by atoms with Crippen molar-refractivity contribution >= 4 is 27.7 Å². The highest BCUT2D eigenvalue weighted by Crippen LogP contribution is 2.44. The first kappa shape index (κ1) is 27.9. The van der Waals surface area contributed by atoms with Gasteiger partial charge in [0.1, 0.15) is 11.4 Å². The highest BCUT2D eigenvalue weighted by atomic mass is 79.9. The molecule has 6 nitrogen and oxygen atoms in total. The van der Waals surface area contributed by atoms with E-state index in [1.807, 2.05) is 34.6 Å². The van der Waals surface area contributed by atoms with Crippen LogP contribution < -0.4 is 15.4 Å². The second kappa shape index (κ2) is 11.7. The lowest BCUT2D eigenvalue weighted by atomic mass is 9.87. The molecule has 0 saturated heterocycles. The van der Waals surface area contributed by atoms with Crippen molar-refractivity contribution in [2.75, 3.05) is 6.61 Å². The number of pyridine rings is 1. The van der Waals surface area contributed by atoms with Crippen LogP contribution in [-0.2, 0) is 4.79 Å². The van der Waals surface area contributed by atoms with Crippen LogP contribution in [0.25, 0.3) is 0 Å². The van der Waals surface area contributed by atoms with Gasteiger partial charge in [-0.15, -0.1) is 0 Å². The predicted octanol–water partition coefficient (Wildman–Crippen LogP) is 5.53. The van der Waals surface area contributed by atoms with Gasteiger partial charge in [-0.3, -0.25) is 9.59 Å². The van der Waals surface area contributed by atoms with Crippen LogP contribution >= 0.6 is 15.9 Å². The van der Waals surface area contributed by atoms with E-state index in [4.69, 9.17) is 4.74 Å². The van der Waals surface area contributed by atoms with Gasteiger partial charge in [0, 0.05) is 24.9 Å². The summed E-state index contributed by atoms with van der Waals surface area (Å²) in [5, 5.41) is 5.80. The van der Waals surface area contributed by atoms with E-state index in [1.54, 1.807) is 0 Å². The molecule has 0 bridgehead atoms. The molecular formula is C22H31BrF3N3O3. The van der Waals surface area contributed by atoms with Crippen molar-refractivity contribution in [2.24, 2.45) is 5.92 Å². The standard InChI is InChI=1S/C20H25BrF3N3O3.C2H6/c1-5-11(2)17(26-12(3)28)19(4,13-6-7-13)27-18(29)15-8-16(14(21)9-25-15)30-10-20(22,23)24;1-2/h8-9,13H,5-7,10H2,1-4H3,(H,26,28)(H,27,29);1-2H3/b17-11+;. The van der Waals surface area contributed by atoms with E-state index in [2.05, 4.69) is 31.5 Å². The monoisotopic (exact) mass is 521 g/mol. The molecule has 0 aromatic carbocycles. The Morgan fingerprint density at radius 2 is 1.84 bits per heavy atom. The average Bonchev–Trinajstić information content (AvgIpc) is 3.57. The number of aromatic nitrogens is 1. The van der Waals surface area contributed by atoms with Crippen LogP contribution in [0.15, 0.2) is 28.0 Å². The Morgan fingerprint density at radius 3 is 2.31 bits per heavy atom. The SMILES string of the molecule is CC.CC/C(C)=C(/NC(C)=O)C(C)(NC(=O)c1cc(OCC(F)(F)F)c(Br)cn1)C1CC1. The Morgan fingerprint density at radius 1 is 1.25 bits per heavy atom. The number of ether oxygens (including phenoxy) is 1. The number of nitrogens with one attached hydrogen (secondary N) is 2. The Balaban J connectivity index is 0.00000249. The molecule has 1 aliphatic carbocycles. The number of allylic oxidation sites excluding steroid dienone is 1. The third kappa shape index (κ3) is 7.79. The van der Waals surface area contributed by atoms with Gasteiger partial charge in [0.25, 0.3) is 5.91 Å². The fraction of sp³-hybridized carbons (Fsp3) is 0.591. The van der Waals surface area contributed by atoms with Gasteiger partial charge in [-0.05, 0) is 55.0 Å². The highest BCUT2D eigenvalue weighted by molar-refractivity contribution is 9.10. The Bertz CT molecular complexity index is 855. The summed E-state index contributed by atoms with van der Waals surface area (Å²) in [5.41, 5.74) is 0.639. The lowest BCUT2D eigenvalue weighted by molar-refractivity contribution is -0.153. The molecule has 180 valence electrons. The maximum absolute atomic E-state index is 13.0. The molecule has 2 rings (SSSR count). The smallest absolute Gasteiger partial charge is 0.422 e. The molecule has 2 N–H and O–H groups in total. The summed E-state index contributed by atoms with van der Waals surface area (Å²) in [5.74, 6) is -0.826. The number of hydrogen-bond acceptors (Lipinski definition) is 4. The van der Waals surface area contributed by atoms with E-state index in [1.165, 1.54) is 13.1 Å². The van der Waals surface area contributed by atoms with Gasteiger partial charge in [0.2, 0.25) is 5.91 Å². The number of rotatable bonds is 8. The van der Waals surface area contributed by atoms with E-state index in [0.29, 0.717) is 12.1 Å². The minimum Gasteiger partial charge on any atom is -0.483 e. The summed E-state index contributed by atoms with van der Waals surface area (Å²) < 4.78 is 42.4. The minimum absolute atomic E-state index is 0.0847. The Labute approximate surface area is 195 Å². The summed E-state index contributed by atoms with van der Waals surface area (Å²) in [6, 6.07) is 1.16. The van der Waals surface area contributed by atoms with Crippen LogP contribution in [0.1, 0.15) is 71.3 Å². The van der Waals surface area contributed by atoms with Gasteiger partial charge in [-0.2, -0.15) is 13.2 Å². The second-order valence-corrected chi connectivity index (χ2v) is 8.38. The van der Waals surface area contributed by atoms with Gasteiger partial charge < -0.3 is 15.4 Å². The van der Waals surface area contributed by atoms with Crippen molar-refractivity contribution in [3.05, 3.63) is 33.7 Å². The molecule has 10 heteroatoms. The molecule has 1 unspecified atom stereocenters. The lowest BCUT2D eigenvalue weighted by Gasteiger charge is -2.35. The largest absolute Gasteiger partial charge is 0.483 e. The number of carbonyl (C=O) groups excluding carboxylic acids is 2. The normalized spacial score (nSPS) is 16.1. The summed E-state index contributed by atoms with van der Waals surface area (Å²) in [7, 11) is 0. The number of nitrogens with zero attached hydrogens (tertiary/aromatic N) is 1. The number of hydrogen-bond donors (Lipinski definition) is 2. The fourth-order valence-electron chi connectivity index (χ4n) is 3.18. The topological polar surface area (TPSA) is 80.3 Å². The second-order valence-electron chi connectivity index (χ2n) is 7.52. The predicted molar refractivity (Wildman–Crippen MR) is 120 cm³/mol. The van der Waals surface area contributed by atoms with Crippen LogP contribution in [-0.4, -0.2) is 35.1 Å². The minimum atomic E-state index is -4.51. The van der Waals surface area contributed by atoms with E-state index >= 15 is 0 Å². The van der Waals surface area contributed by atoms with Crippen molar-refractivity contribution in [2.45, 2.75) is 72.5 Å². The van der Waals surface area contributed by atoms with Crippen molar-refractivity contribution in [1.29, 1.82) is 0 Å². The Hall–Kier alpha value is -2.10. The lowest BCUT2D eigenvalue weighted by Crippen LogP contribution is -2.54. The molecule has 2 amide bonds. The average molecular weight is 522 g/mol. The van der Waals surface area contributed by atoms with Gasteiger partial charge in [0.05, 0.1) is 10.0 Å². The van der Waals surface area contributed by atoms with Crippen LogP contribution in [0.3, 0.4) is 0 Å². The van der Waals surface area contributed by atoms with E-state index in [9.17, 15) is 22.8 Å². The number of halogens is 4. The zero-order chi connectivity index (χ0) is 24.7. The number of carbonyl (C=O) groups is 2. The molecule has 1 aromatic rings. The summed E-state index contributed by atoms with van der Waals surface area (Å²) in [6.45, 7) is 9.60.